The molecule has 0 aromatic heterocycles. The van der Waals surface area contributed by atoms with Crippen molar-refractivity contribution in [3.63, 3.8) is 0 Å². The molecule has 1 aliphatic carbocycles. The molecular formula is C31H27NO5. The zero-order valence-electron chi connectivity index (χ0n) is 20.4. The van der Waals surface area contributed by atoms with Crippen molar-refractivity contribution >= 4 is 12.1 Å². The summed E-state index contributed by atoms with van der Waals surface area (Å²) in [6, 6.07) is 30.2. The summed E-state index contributed by atoms with van der Waals surface area (Å²) in [5.74, 6) is -0.482. The van der Waals surface area contributed by atoms with E-state index >= 15 is 0 Å². The molecule has 0 aliphatic heterocycles. The van der Waals surface area contributed by atoms with Crippen LogP contribution in [-0.4, -0.2) is 36.9 Å². The third kappa shape index (κ3) is 5.19. The molecule has 0 bridgehead atoms. The summed E-state index contributed by atoms with van der Waals surface area (Å²) in [6.45, 7) is 0.123. The number of alkyl carbamates (subject to hydrolysis) is 1. The van der Waals surface area contributed by atoms with Crippen LogP contribution in [0.25, 0.3) is 22.3 Å². The van der Waals surface area contributed by atoms with Gasteiger partial charge in [0.2, 0.25) is 0 Å². The Hall–Kier alpha value is -4.58. The monoisotopic (exact) mass is 493 g/mol. The smallest absolute Gasteiger partial charge is 0.407 e. The van der Waals surface area contributed by atoms with Crippen LogP contribution in [0.15, 0.2) is 97.1 Å². The van der Waals surface area contributed by atoms with Gasteiger partial charge in [-0.3, -0.25) is 0 Å². The van der Waals surface area contributed by atoms with Crippen LogP contribution in [0.2, 0.25) is 0 Å². The molecule has 0 radical (unpaired) electrons. The van der Waals surface area contributed by atoms with Crippen molar-refractivity contribution in [2.75, 3.05) is 13.7 Å². The predicted molar refractivity (Wildman–Crippen MR) is 142 cm³/mol. The highest BCUT2D eigenvalue weighted by Gasteiger charge is 2.29. The van der Waals surface area contributed by atoms with Gasteiger partial charge in [-0.15, -0.1) is 0 Å². The van der Waals surface area contributed by atoms with Crippen molar-refractivity contribution in [2.24, 2.45) is 0 Å². The van der Waals surface area contributed by atoms with Crippen LogP contribution in [-0.2, 0) is 16.0 Å². The maximum Gasteiger partial charge on any atom is 0.407 e. The molecule has 0 fully saturated rings. The normalized spacial score (nSPS) is 12.8. The molecule has 0 saturated carbocycles. The van der Waals surface area contributed by atoms with Crippen LogP contribution >= 0.6 is 0 Å². The fourth-order valence-corrected chi connectivity index (χ4v) is 4.90. The van der Waals surface area contributed by atoms with Gasteiger partial charge in [-0.1, -0.05) is 84.9 Å². The Labute approximate surface area is 215 Å². The molecule has 0 heterocycles. The Bertz CT molecular complexity index is 1400. The molecule has 6 nitrogen and oxygen atoms in total. The van der Waals surface area contributed by atoms with Gasteiger partial charge in [-0.05, 0) is 51.1 Å². The number of hydrogen-bond acceptors (Lipinski definition) is 4. The van der Waals surface area contributed by atoms with Crippen LogP contribution in [0.4, 0.5) is 4.79 Å². The number of ether oxygens (including phenoxy) is 2. The molecule has 5 rings (SSSR count). The van der Waals surface area contributed by atoms with Crippen LogP contribution in [0.1, 0.15) is 22.6 Å². The van der Waals surface area contributed by atoms with Gasteiger partial charge in [0, 0.05) is 12.3 Å². The van der Waals surface area contributed by atoms with Gasteiger partial charge in [0.1, 0.15) is 18.4 Å². The number of amides is 1. The van der Waals surface area contributed by atoms with E-state index in [0.29, 0.717) is 0 Å². The molecular weight excluding hydrogens is 466 g/mol. The highest BCUT2D eigenvalue weighted by Crippen LogP contribution is 2.44. The molecule has 4 aromatic rings. The highest BCUT2D eigenvalue weighted by molar-refractivity contribution is 5.81. The number of rotatable bonds is 8. The first-order valence-electron chi connectivity index (χ1n) is 12.1. The first kappa shape index (κ1) is 24.1. The summed E-state index contributed by atoms with van der Waals surface area (Å²) in [7, 11) is 1.61. The second kappa shape index (κ2) is 10.6. The molecule has 0 unspecified atom stereocenters. The van der Waals surface area contributed by atoms with Crippen molar-refractivity contribution in [3.8, 4) is 28.0 Å². The number of carboxylic acid groups (broad SMARTS) is 1. The zero-order chi connectivity index (χ0) is 25.8. The largest absolute Gasteiger partial charge is 0.497 e. The van der Waals surface area contributed by atoms with E-state index in [1.54, 1.807) is 7.11 Å². The van der Waals surface area contributed by atoms with Gasteiger partial charge in [-0.25, -0.2) is 9.59 Å². The fourth-order valence-electron chi connectivity index (χ4n) is 4.90. The van der Waals surface area contributed by atoms with Crippen LogP contribution < -0.4 is 10.1 Å². The second-order valence-electron chi connectivity index (χ2n) is 9.00. The molecule has 2 N–H and O–H groups in total. The summed E-state index contributed by atoms with van der Waals surface area (Å²) in [5.41, 5.74) is 7.13. The average Bonchev–Trinajstić information content (AvgIpc) is 3.25. The number of methoxy groups -OCH3 is 1. The quantitative estimate of drug-likeness (QED) is 0.319. The van der Waals surface area contributed by atoms with Crippen molar-refractivity contribution < 1.29 is 24.2 Å². The summed E-state index contributed by atoms with van der Waals surface area (Å²) in [5, 5.41) is 12.3. The first-order chi connectivity index (χ1) is 18.0. The number of benzene rings is 4. The van der Waals surface area contributed by atoms with Crippen molar-refractivity contribution in [1.82, 2.24) is 5.32 Å². The van der Waals surface area contributed by atoms with Crippen molar-refractivity contribution in [1.29, 1.82) is 0 Å². The van der Waals surface area contributed by atoms with E-state index in [-0.39, 0.29) is 18.9 Å². The lowest BCUT2D eigenvalue weighted by Gasteiger charge is -2.18. The minimum atomic E-state index is -1.13. The lowest BCUT2D eigenvalue weighted by molar-refractivity contribution is -0.139. The highest BCUT2D eigenvalue weighted by atomic mass is 16.5. The minimum absolute atomic E-state index is 0.0963. The van der Waals surface area contributed by atoms with E-state index in [9.17, 15) is 14.7 Å². The molecule has 1 amide bonds. The number of aliphatic carboxylic acids is 1. The molecule has 37 heavy (non-hydrogen) atoms. The van der Waals surface area contributed by atoms with Gasteiger partial charge < -0.3 is 19.9 Å². The summed E-state index contributed by atoms with van der Waals surface area (Å²) >= 11 is 0. The Morgan fingerprint density at radius 3 is 2.11 bits per heavy atom. The topological polar surface area (TPSA) is 84.9 Å². The van der Waals surface area contributed by atoms with Gasteiger partial charge >= 0.3 is 12.1 Å². The summed E-state index contributed by atoms with van der Waals surface area (Å²) in [4.78, 5) is 24.7. The molecule has 4 aromatic carbocycles. The summed E-state index contributed by atoms with van der Waals surface area (Å²) < 4.78 is 10.9. The van der Waals surface area contributed by atoms with Gasteiger partial charge in [0.25, 0.3) is 0 Å². The van der Waals surface area contributed by atoms with Gasteiger partial charge in [0.15, 0.2) is 0 Å². The third-order valence-electron chi connectivity index (χ3n) is 6.70. The predicted octanol–water partition coefficient (Wildman–Crippen LogP) is 5.90. The zero-order valence-corrected chi connectivity index (χ0v) is 20.4. The number of nitrogens with one attached hydrogen (secondary N) is 1. The van der Waals surface area contributed by atoms with E-state index in [0.717, 1.165) is 44.7 Å². The second-order valence-corrected chi connectivity index (χ2v) is 9.00. The van der Waals surface area contributed by atoms with Crippen molar-refractivity contribution in [2.45, 2.75) is 18.4 Å². The van der Waals surface area contributed by atoms with E-state index < -0.39 is 18.1 Å². The lowest BCUT2D eigenvalue weighted by atomic mass is 9.98. The number of carbonyl (C=O) groups is 2. The van der Waals surface area contributed by atoms with E-state index in [1.165, 1.54) is 0 Å². The van der Waals surface area contributed by atoms with Gasteiger partial charge in [-0.2, -0.15) is 0 Å². The molecule has 0 spiro atoms. The van der Waals surface area contributed by atoms with Gasteiger partial charge in [0.05, 0.1) is 7.11 Å². The Morgan fingerprint density at radius 1 is 0.838 bits per heavy atom. The van der Waals surface area contributed by atoms with Crippen LogP contribution in [0, 0.1) is 0 Å². The number of carboxylic acids is 1. The Morgan fingerprint density at radius 2 is 1.46 bits per heavy atom. The maximum absolute atomic E-state index is 12.7. The van der Waals surface area contributed by atoms with Crippen LogP contribution in [0.3, 0.4) is 0 Å². The average molecular weight is 494 g/mol. The Kier molecular flexibility index (Phi) is 6.90. The van der Waals surface area contributed by atoms with Crippen LogP contribution in [0.5, 0.6) is 5.75 Å². The third-order valence-corrected chi connectivity index (χ3v) is 6.70. The summed E-state index contributed by atoms with van der Waals surface area (Å²) in [6.07, 6.45) is -0.629. The molecule has 6 heteroatoms. The number of fused-ring (bicyclic) bond motifs is 3. The molecule has 1 atom stereocenters. The first-order valence-corrected chi connectivity index (χ1v) is 12.1. The minimum Gasteiger partial charge on any atom is -0.497 e. The number of hydrogen-bond donors (Lipinski definition) is 2. The van der Waals surface area contributed by atoms with E-state index in [1.807, 2.05) is 84.9 Å². The SMILES string of the molecule is COc1cccc(-c2cccc(C[C@H](NC(=O)OCC3c4ccccc4-c4ccccc43)C(=O)O)c2)c1. The number of carbonyl (C=O) groups excluding carboxylic acids is 1. The van der Waals surface area contributed by atoms with E-state index in [4.69, 9.17) is 9.47 Å². The Balaban J connectivity index is 1.26. The maximum atomic E-state index is 12.7. The van der Waals surface area contributed by atoms with E-state index in [2.05, 4.69) is 17.4 Å². The molecule has 1 aliphatic rings. The standard InChI is InChI=1S/C31H27NO5/c1-36-23-11-7-10-22(18-23)21-9-6-8-20(16-21)17-29(30(33)34)32-31(35)37-19-28-26-14-4-2-12-24(26)25-13-3-5-15-27(25)28/h2-16,18,28-29H,17,19H2,1H3,(H,32,35)(H,33,34)/t29-/m0/s1. The molecule has 186 valence electrons. The lowest BCUT2D eigenvalue weighted by Crippen LogP contribution is -2.42. The fraction of sp³-hybridized carbons (Fsp3) is 0.161. The van der Waals surface area contributed by atoms with Crippen molar-refractivity contribution in [3.05, 3.63) is 114 Å². The molecule has 0 saturated heterocycles.